The molecule has 11 nitrogen and oxygen atoms in total. The quantitative estimate of drug-likeness (QED) is 0.117. The number of aryl methyl sites for hydroxylation is 1. The first-order valence-corrected chi connectivity index (χ1v) is 16.2. The van der Waals surface area contributed by atoms with E-state index in [1.807, 2.05) is 6.07 Å². The molecule has 0 unspecified atom stereocenters. The summed E-state index contributed by atoms with van der Waals surface area (Å²) in [6.07, 6.45) is -4.09. The third kappa shape index (κ3) is 7.89. The van der Waals surface area contributed by atoms with Gasteiger partial charge in [0.05, 0.1) is 28.9 Å². The molecule has 0 fully saturated rings. The summed E-state index contributed by atoms with van der Waals surface area (Å²) < 4.78 is 107. The number of benzene rings is 2. The van der Waals surface area contributed by atoms with E-state index in [0.29, 0.717) is 10.2 Å². The van der Waals surface area contributed by atoms with Crippen LogP contribution in [0, 0.1) is 18.3 Å². The number of nitrogens with zero attached hydrogens (tertiary/aromatic N) is 8. The van der Waals surface area contributed by atoms with Crippen LogP contribution >= 0.6 is 21.8 Å². The summed E-state index contributed by atoms with van der Waals surface area (Å²) in [6, 6.07) is 10.5. The van der Waals surface area contributed by atoms with Crippen LogP contribution in [-0.2, 0) is 25.7 Å². The van der Waals surface area contributed by atoms with Gasteiger partial charge in [-0.2, -0.15) is 23.5 Å². The number of carbonyl (C=O) groups excluding carboxylic acids is 2. The fraction of sp³-hybridized carbons (Fsp3) is 0.172. The summed E-state index contributed by atoms with van der Waals surface area (Å²) in [5.74, 6) is -3.05. The highest BCUT2D eigenvalue weighted by atomic mass is 35.5. The highest BCUT2D eigenvalue weighted by molar-refractivity contribution is 8.45. The maximum absolute atomic E-state index is 13.9. The van der Waals surface area contributed by atoms with Crippen molar-refractivity contribution in [3.63, 3.8) is 0 Å². The lowest BCUT2D eigenvalue weighted by Gasteiger charge is -2.40. The van der Waals surface area contributed by atoms with Gasteiger partial charge in [0.15, 0.2) is 11.6 Å². The third-order valence-corrected chi connectivity index (χ3v) is 8.55. The molecule has 1 amide bonds. The lowest BCUT2D eigenvalue weighted by molar-refractivity contribution is -0.147. The van der Waals surface area contributed by atoms with Crippen molar-refractivity contribution < 1.29 is 42.2 Å². The van der Waals surface area contributed by atoms with E-state index in [1.54, 1.807) is 0 Å². The molecular formula is C29H20ClF8N9O2S. The van der Waals surface area contributed by atoms with Gasteiger partial charge in [0, 0.05) is 24.7 Å². The lowest BCUT2D eigenvalue weighted by Crippen LogP contribution is -2.25. The number of nitriles is 1. The molecule has 3 heterocycles. The molecule has 0 aliphatic rings. The Bertz CT molecular complexity index is 2180. The van der Waals surface area contributed by atoms with Crippen LogP contribution in [0.4, 0.5) is 32.6 Å². The van der Waals surface area contributed by atoms with Crippen LogP contribution in [0.5, 0.6) is 0 Å². The molecule has 1 N–H and O–H groups in total. The fourth-order valence-corrected chi connectivity index (χ4v) is 5.63. The van der Waals surface area contributed by atoms with Gasteiger partial charge in [-0.15, -0.1) is 5.10 Å². The number of tetrazole rings is 1. The number of Topliss-reactive ketones (excluding diaryl/α,β-unsaturated/α-hetero) is 1. The topological polar surface area (TPSA) is 144 Å². The number of carbonyl (C=O) groups is 2. The van der Waals surface area contributed by atoms with E-state index in [-0.39, 0.29) is 56.6 Å². The minimum absolute atomic E-state index is 0.0258. The smallest absolute Gasteiger partial charge is 0.348 e. The van der Waals surface area contributed by atoms with Gasteiger partial charge in [0.1, 0.15) is 10.6 Å². The number of rotatable bonds is 10. The summed E-state index contributed by atoms with van der Waals surface area (Å²) in [7, 11) is -9.91. The largest absolute Gasteiger partial charge is 0.453 e. The van der Waals surface area contributed by atoms with Crippen LogP contribution in [-0.4, -0.2) is 46.7 Å². The van der Waals surface area contributed by atoms with E-state index in [9.17, 15) is 47.5 Å². The molecule has 0 radical (unpaired) electrons. The first-order valence-electron chi connectivity index (χ1n) is 13.9. The number of hydrogen-bond acceptors (Lipinski definition) is 8. The van der Waals surface area contributed by atoms with Crippen LogP contribution in [0.1, 0.15) is 54.6 Å². The zero-order valence-electron chi connectivity index (χ0n) is 25.1. The molecule has 50 heavy (non-hydrogen) atoms. The molecule has 2 aromatic carbocycles. The Morgan fingerprint density at radius 3 is 2.36 bits per heavy atom. The minimum Gasteiger partial charge on any atom is -0.348 e. The van der Waals surface area contributed by atoms with Crippen molar-refractivity contribution >= 4 is 33.5 Å². The van der Waals surface area contributed by atoms with Crippen LogP contribution < -0.4 is 5.32 Å². The molecule has 0 saturated heterocycles. The first kappa shape index (κ1) is 35.9. The zero-order valence-corrected chi connectivity index (χ0v) is 26.7. The summed E-state index contributed by atoms with van der Waals surface area (Å²) in [5, 5.41) is 25.6. The van der Waals surface area contributed by atoms with Crippen molar-refractivity contribution in [2.24, 2.45) is 0 Å². The van der Waals surface area contributed by atoms with Crippen LogP contribution in [0.2, 0.25) is 5.02 Å². The van der Waals surface area contributed by atoms with Crippen LogP contribution in [0.3, 0.4) is 0 Å². The molecule has 0 spiro atoms. The van der Waals surface area contributed by atoms with Gasteiger partial charge in [-0.1, -0.05) is 43.2 Å². The number of nitrogens with one attached hydrogen (secondary N) is 1. The van der Waals surface area contributed by atoms with Crippen molar-refractivity contribution in [2.75, 3.05) is 0 Å². The van der Waals surface area contributed by atoms with Gasteiger partial charge in [-0.25, -0.2) is 14.3 Å². The number of hydrogen-bond donors (Lipinski definition) is 1. The number of alkyl halides is 3. The highest BCUT2D eigenvalue weighted by Crippen LogP contribution is 3.02. The third-order valence-electron chi connectivity index (χ3n) is 7.09. The molecular weight excluding hydrogens is 726 g/mol. The van der Waals surface area contributed by atoms with E-state index in [2.05, 4.69) is 30.9 Å². The summed E-state index contributed by atoms with van der Waals surface area (Å²) in [4.78, 5) is 29.2. The molecule has 0 atom stereocenters. The number of pyridine rings is 1. The first-order chi connectivity index (χ1) is 23.1. The molecule has 0 aliphatic heterocycles. The lowest BCUT2D eigenvalue weighted by atomic mass is 9.93. The fourth-order valence-electron chi connectivity index (χ4n) is 4.78. The SMILES string of the molecule is Cc1cc(C#N)cc(C(=O)NCc2ccc(S(F)(F)(F)(F)F)cc2)c1CC(=O)c1cc(Cn2nnnc2C(F)(F)F)nn1-c1ncccc1Cl. The standard InChI is InChI=1S/C29H20ClF8N9O2S/c1-16-9-18(13-39)10-22(27(49)41-14-17-4-6-20(7-5-17)50(34,35,36,37)38)21(16)12-25(48)24-11-19(15-46-28(29(31,32)33)42-44-45-46)43-47(24)26-23(30)3-2-8-40-26/h2-11H,12,14-15H2,1H3,(H,41,49). The van der Waals surface area contributed by atoms with Crippen LogP contribution in [0.25, 0.3) is 5.82 Å². The maximum Gasteiger partial charge on any atom is 0.453 e. The van der Waals surface area contributed by atoms with E-state index in [0.717, 1.165) is 16.8 Å². The van der Waals surface area contributed by atoms with Gasteiger partial charge >= 0.3 is 16.4 Å². The summed E-state index contributed by atoms with van der Waals surface area (Å²) in [5.41, 5.74) is 0.0230. The molecule has 262 valence electrons. The molecule has 21 heteroatoms. The van der Waals surface area contributed by atoms with E-state index in [1.165, 1.54) is 43.5 Å². The molecule has 0 aliphatic carbocycles. The number of aromatic nitrogens is 7. The van der Waals surface area contributed by atoms with Crippen molar-refractivity contribution in [1.29, 1.82) is 5.26 Å². The Balaban J connectivity index is 1.47. The van der Waals surface area contributed by atoms with Crippen molar-refractivity contribution in [3.8, 4) is 11.9 Å². The average Bonchev–Trinajstić information content (AvgIpc) is 3.67. The Kier molecular flexibility index (Phi) is 8.73. The van der Waals surface area contributed by atoms with E-state index in [4.69, 9.17) is 11.6 Å². The number of halogens is 9. The van der Waals surface area contributed by atoms with Gasteiger partial charge < -0.3 is 5.32 Å². The minimum atomic E-state index is -9.91. The second-order valence-corrected chi connectivity index (χ2v) is 13.5. The Morgan fingerprint density at radius 1 is 1.04 bits per heavy atom. The van der Waals surface area contributed by atoms with Gasteiger partial charge in [0.2, 0.25) is 0 Å². The predicted octanol–water partition coefficient (Wildman–Crippen LogP) is 7.17. The normalized spacial score (nSPS) is 13.3. The Morgan fingerprint density at radius 2 is 1.74 bits per heavy atom. The maximum atomic E-state index is 13.9. The summed E-state index contributed by atoms with van der Waals surface area (Å²) in [6.45, 7) is 0.480. The Labute approximate surface area is 281 Å². The van der Waals surface area contributed by atoms with Gasteiger partial charge in [-0.3, -0.25) is 9.59 Å². The second-order valence-electron chi connectivity index (χ2n) is 10.7. The molecule has 3 aromatic heterocycles. The molecule has 5 rings (SSSR count). The second kappa shape index (κ2) is 12.2. The number of ketones is 1. The van der Waals surface area contributed by atoms with Crippen molar-refractivity contribution in [3.05, 3.63) is 111 Å². The van der Waals surface area contributed by atoms with E-state index >= 15 is 0 Å². The summed E-state index contributed by atoms with van der Waals surface area (Å²) >= 11 is 6.29. The molecule has 0 saturated carbocycles. The van der Waals surface area contributed by atoms with Crippen molar-refractivity contribution in [2.45, 2.75) is 37.5 Å². The predicted molar refractivity (Wildman–Crippen MR) is 161 cm³/mol. The van der Waals surface area contributed by atoms with Gasteiger partial charge in [-0.05, 0) is 76.5 Å². The Hall–Kier alpha value is -5.42. The highest BCUT2D eigenvalue weighted by Gasteiger charge is 2.65. The zero-order chi connectivity index (χ0) is 36.7. The monoisotopic (exact) mass is 745 g/mol. The molecule has 5 aromatic rings. The van der Waals surface area contributed by atoms with Crippen molar-refractivity contribution in [1.82, 2.24) is 40.3 Å². The van der Waals surface area contributed by atoms with Crippen LogP contribution in [0.15, 0.2) is 65.7 Å². The molecule has 0 bridgehead atoms. The average molecular weight is 746 g/mol. The number of amides is 1. The van der Waals surface area contributed by atoms with Gasteiger partial charge in [0.25, 0.3) is 11.7 Å². The van der Waals surface area contributed by atoms with E-state index < -0.39 is 58.3 Å².